The summed E-state index contributed by atoms with van der Waals surface area (Å²) in [7, 11) is 0. The van der Waals surface area contributed by atoms with E-state index >= 15 is 0 Å². The lowest BCUT2D eigenvalue weighted by Gasteiger charge is -2.41. The highest BCUT2D eigenvalue weighted by atomic mass is 35.5. The van der Waals surface area contributed by atoms with Crippen LogP contribution >= 0.6 is 24.0 Å². The standard InChI is InChI=1S/C13H19ClN4O.ClH/c1-10(11(2)19)18(17-8-4-3-5-9-17)13-12(14)15-6-7-16-13;/h6-7,10H,3-5,8-9H2,1-2H3;1H. The van der Waals surface area contributed by atoms with Gasteiger partial charge >= 0.3 is 0 Å². The average Bonchev–Trinajstić information content (AvgIpc) is 2.42. The van der Waals surface area contributed by atoms with Crippen molar-refractivity contribution >= 4 is 35.6 Å². The fraction of sp³-hybridized carbons (Fsp3) is 0.615. The molecule has 1 atom stereocenters. The van der Waals surface area contributed by atoms with Gasteiger partial charge < -0.3 is 0 Å². The second-order valence-corrected chi connectivity index (χ2v) is 5.17. The number of hydrogen-bond donors (Lipinski definition) is 0. The molecule has 1 saturated heterocycles. The van der Waals surface area contributed by atoms with Crippen LogP contribution in [0.2, 0.25) is 5.15 Å². The van der Waals surface area contributed by atoms with E-state index in [9.17, 15) is 4.79 Å². The fourth-order valence-corrected chi connectivity index (χ4v) is 2.49. The van der Waals surface area contributed by atoms with Gasteiger partial charge in [0, 0.05) is 25.5 Å². The Morgan fingerprint density at radius 3 is 2.45 bits per heavy atom. The molecule has 20 heavy (non-hydrogen) atoms. The molecule has 0 aromatic carbocycles. The summed E-state index contributed by atoms with van der Waals surface area (Å²) in [4.78, 5) is 20.1. The number of ketones is 1. The van der Waals surface area contributed by atoms with Gasteiger partial charge in [0.2, 0.25) is 0 Å². The maximum atomic E-state index is 11.8. The van der Waals surface area contributed by atoms with Gasteiger partial charge in [0.25, 0.3) is 0 Å². The van der Waals surface area contributed by atoms with Crippen LogP contribution in [0.1, 0.15) is 33.1 Å². The average molecular weight is 319 g/mol. The summed E-state index contributed by atoms with van der Waals surface area (Å²) in [6.07, 6.45) is 6.63. The molecule has 0 radical (unpaired) electrons. The van der Waals surface area contributed by atoms with E-state index in [2.05, 4.69) is 15.0 Å². The highest BCUT2D eigenvalue weighted by molar-refractivity contribution is 6.31. The summed E-state index contributed by atoms with van der Waals surface area (Å²) in [6, 6.07) is -0.285. The van der Waals surface area contributed by atoms with Crippen LogP contribution in [0.15, 0.2) is 12.4 Å². The quantitative estimate of drug-likeness (QED) is 0.854. The molecule has 1 aromatic rings. The molecule has 2 rings (SSSR count). The van der Waals surface area contributed by atoms with Crippen LogP contribution in [0.25, 0.3) is 0 Å². The zero-order chi connectivity index (χ0) is 13.8. The summed E-state index contributed by atoms with van der Waals surface area (Å²) in [6.45, 7) is 5.31. The predicted octanol–water partition coefficient (Wildman–Crippen LogP) is 2.74. The number of hydrazine groups is 1. The molecule has 5 nitrogen and oxygen atoms in total. The molecule has 0 bridgehead atoms. The molecule has 1 aliphatic rings. The second kappa shape index (κ2) is 7.76. The van der Waals surface area contributed by atoms with Gasteiger partial charge in [-0.05, 0) is 26.7 Å². The van der Waals surface area contributed by atoms with Crippen LogP contribution < -0.4 is 5.01 Å². The minimum atomic E-state index is -0.285. The van der Waals surface area contributed by atoms with Gasteiger partial charge in [0.1, 0.15) is 6.04 Å². The maximum Gasteiger partial charge on any atom is 0.181 e. The van der Waals surface area contributed by atoms with Crippen molar-refractivity contribution in [2.45, 2.75) is 39.2 Å². The number of anilines is 1. The monoisotopic (exact) mass is 318 g/mol. The first-order valence-electron chi connectivity index (χ1n) is 6.62. The van der Waals surface area contributed by atoms with Gasteiger partial charge in [-0.3, -0.25) is 9.80 Å². The van der Waals surface area contributed by atoms with E-state index in [0.717, 1.165) is 25.9 Å². The molecule has 1 fully saturated rings. The predicted molar refractivity (Wildman–Crippen MR) is 82.3 cm³/mol. The fourth-order valence-electron chi connectivity index (χ4n) is 2.29. The van der Waals surface area contributed by atoms with E-state index in [1.54, 1.807) is 19.3 Å². The number of carbonyl (C=O) groups excluding carboxylic acids is 1. The first-order chi connectivity index (χ1) is 9.11. The van der Waals surface area contributed by atoms with Crippen molar-refractivity contribution in [1.82, 2.24) is 15.0 Å². The van der Waals surface area contributed by atoms with E-state index in [1.807, 2.05) is 11.9 Å². The lowest BCUT2D eigenvalue weighted by molar-refractivity contribution is -0.118. The SMILES string of the molecule is CC(=O)C(C)N(c1nccnc1Cl)N1CCCCC1.Cl. The van der Waals surface area contributed by atoms with Gasteiger partial charge in [-0.25, -0.2) is 15.0 Å². The Kier molecular flexibility index (Phi) is 6.65. The molecule has 0 saturated carbocycles. The van der Waals surface area contributed by atoms with Crippen LogP contribution in [0.3, 0.4) is 0 Å². The minimum absolute atomic E-state index is 0. The van der Waals surface area contributed by atoms with Gasteiger partial charge in [-0.1, -0.05) is 18.0 Å². The van der Waals surface area contributed by atoms with E-state index in [1.165, 1.54) is 6.42 Å². The van der Waals surface area contributed by atoms with Crippen LogP contribution in [-0.2, 0) is 4.79 Å². The van der Waals surface area contributed by atoms with Gasteiger partial charge in [-0.2, -0.15) is 0 Å². The molecular formula is C13H20Cl2N4O. The summed E-state index contributed by atoms with van der Waals surface area (Å²) in [5.41, 5.74) is 0. The first kappa shape index (κ1) is 17.1. The lowest BCUT2D eigenvalue weighted by Crippen LogP contribution is -2.53. The largest absolute Gasteiger partial charge is 0.298 e. The smallest absolute Gasteiger partial charge is 0.181 e. The van der Waals surface area contributed by atoms with E-state index < -0.39 is 0 Å². The maximum absolute atomic E-state index is 11.8. The van der Waals surface area contributed by atoms with Crippen molar-refractivity contribution in [3.05, 3.63) is 17.5 Å². The second-order valence-electron chi connectivity index (χ2n) is 4.82. The molecule has 7 heteroatoms. The number of halogens is 2. The third-order valence-electron chi connectivity index (χ3n) is 3.45. The number of piperidine rings is 1. The van der Waals surface area contributed by atoms with Gasteiger partial charge in [0.05, 0.1) is 0 Å². The van der Waals surface area contributed by atoms with E-state index in [0.29, 0.717) is 11.0 Å². The Balaban J connectivity index is 0.00000200. The molecule has 0 N–H and O–H groups in total. The van der Waals surface area contributed by atoms with Crippen LogP contribution in [0.5, 0.6) is 0 Å². The molecule has 2 heterocycles. The molecule has 0 spiro atoms. The first-order valence-corrected chi connectivity index (χ1v) is 7.00. The molecule has 0 aliphatic carbocycles. The Hall–Kier alpha value is -0.910. The van der Waals surface area contributed by atoms with Crippen molar-refractivity contribution in [2.24, 2.45) is 0 Å². The summed E-state index contributed by atoms with van der Waals surface area (Å²) in [5, 5.41) is 4.39. The number of aromatic nitrogens is 2. The Morgan fingerprint density at radius 1 is 1.30 bits per heavy atom. The number of nitrogens with zero attached hydrogens (tertiary/aromatic N) is 4. The summed E-state index contributed by atoms with van der Waals surface area (Å²) < 4.78 is 0. The summed E-state index contributed by atoms with van der Waals surface area (Å²) >= 11 is 6.13. The molecule has 1 aliphatic heterocycles. The molecular weight excluding hydrogens is 299 g/mol. The lowest BCUT2D eigenvalue weighted by atomic mass is 10.1. The zero-order valence-corrected chi connectivity index (χ0v) is 13.3. The Labute approximate surface area is 130 Å². The third kappa shape index (κ3) is 3.81. The minimum Gasteiger partial charge on any atom is -0.298 e. The van der Waals surface area contributed by atoms with Crippen molar-refractivity contribution in [2.75, 3.05) is 18.1 Å². The summed E-state index contributed by atoms with van der Waals surface area (Å²) in [5.74, 6) is 0.654. The molecule has 0 amide bonds. The highest BCUT2D eigenvalue weighted by Gasteiger charge is 2.28. The Morgan fingerprint density at radius 2 is 1.90 bits per heavy atom. The number of hydrogen-bond acceptors (Lipinski definition) is 5. The Bertz CT molecular complexity index is 452. The van der Waals surface area contributed by atoms with Crippen LogP contribution in [0, 0.1) is 0 Å². The van der Waals surface area contributed by atoms with E-state index in [4.69, 9.17) is 11.6 Å². The van der Waals surface area contributed by atoms with Crippen molar-refractivity contribution in [3.63, 3.8) is 0 Å². The van der Waals surface area contributed by atoms with Crippen LogP contribution in [0.4, 0.5) is 5.82 Å². The van der Waals surface area contributed by atoms with Crippen molar-refractivity contribution < 1.29 is 4.79 Å². The highest BCUT2D eigenvalue weighted by Crippen LogP contribution is 2.26. The zero-order valence-electron chi connectivity index (χ0n) is 11.8. The van der Waals surface area contributed by atoms with Gasteiger partial charge in [0.15, 0.2) is 16.8 Å². The molecule has 1 unspecified atom stereocenters. The van der Waals surface area contributed by atoms with Crippen LogP contribution in [-0.4, -0.2) is 39.9 Å². The van der Waals surface area contributed by atoms with E-state index in [-0.39, 0.29) is 24.2 Å². The molecule has 112 valence electrons. The topological polar surface area (TPSA) is 49.3 Å². The van der Waals surface area contributed by atoms with Crippen molar-refractivity contribution in [1.29, 1.82) is 0 Å². The third-order valence-corrected chi connectivity index (χ3v) is 3.71. The van der Waals surface area contributed by atoms with Crippen molar-refractivity contribution in [3.8, 4) is 0 Å². The number of Topliss-reactive ketones (excluding diaryl/α,β-unsaturated/α-hetero) is 1. The van der Waals surface area contributed by atoms with Gasteiger partial charge in [-0.15, -0.1) is 12.4 Å². The molecule has 1 aromatic heterocycles. The number of rotatable bonds is 4. The normalized spacial score (nSPS) is 17.1. The number of carbonyl (C=O) groups is 1.